The first-order valence-corrected chi connectivity index (χ1v) is 6.56. The molecular weight excluding hydrogens is 210 g/mol. The highest BCUT2D eigenvalue weighted by Gasteiger charge is 2.41. The molecule has 17 heavy (non-hydrogen) atoms. The molecule has 2 nitrogen and oxygen atoms in total. The van der Waals surface area contributed by atoms with Gasteiger partial charge in [-0.2, -0.15) is 0 Å². The van der Waals surface area contributed by atoms with Gasteiger partial charge in [0.25, 0.3) is 0 Å². The van der Waals surface area contributed by atoms with Gasteiger partial charge < -0.3 is 10.1 Å². The highest BCUT2D eigenvalue weighted by Crippen LogP contribution is 2.47. The second-order valence-corrected chi connectivity index (χ2v) is 5.24. The molecule has 0 aliphatic heterocycles. The fraction of sp³-hybridized carbons (Fsp3) is 0.600. The van der Waals surface area contributed by atoms with Crippen LogP contribution in [0.1, 0.15) is 30.9 Å². The van der Waals surface area contributed by atoms with Gasteiger partial charge in [-0.25, -0.2) is 0 Å². The first-order chi connectivity index (χ1) is 8.19. The van der Waals surface area contributed by atoms with Crippen molar-refractivity contribution >= 4 is 0 Å². The van der Waals surface area contributed by atoms with E-state index >= 15 is 0 Å². The van der Waals surface area contributed by atoms with E-state index in [1.807, 2.05) is 14.0 Å². The van der Waals surface area contributed by atoms with Crippen molar-refractivity contribution in [2.24, 2.45) is 5.41 Å². The van der Waals surface area contributed by atoms with Gasteiger partial charge in [-0.15, -0.1) is 0 Å². The molecule has 1 aliphatic carbocycles. The molecular formula is C15H23NO. The molecule has 1 N–H and O–H groups in total. The maximum absolute atomic E-state index is 5.57. The number of hydrogen-bond donors (Lipinski definition) is 1. The van der Waals surface area contributed by atoms with Gasteiger partial charge in [-0.1, -0.05) is 12.1 Å². The van der Waals surface area contributed by atoms with E-state index in [-0.39, 0.29) is 0 Å². The fourth-order valence-corrected chi connectivity index (χ4v) is 2.54. The Hall–Kier alpha value is -1.02. The molecule has 0 atom stereocenters. The van der Waals surface area contributed by atoms with Gasteiger partial charge in [-0.3, -0.25) is 0 Å². The summed E-state index contributed by atoms with van der Waals surface area (Å²) >= 11 is 0. The van der Waals surface area contributed by atoms with Gasteiger partial charge in [-0.05, 0) is 62.8 Å². The molecule has 0 unspecified atom stereocenters. The molecule has 1 fully saturated rings. The summed E-state index contributed by atoms with van der Waals surface area (Å²) in [5.74, 6) is 1.02. The molecule has 0 amide bonds. The number of ether oxygens (including phenoxy) is 1. The zero-order valence-electron chi connectivity index (χ0n) is 11.2. The lowest BCUT2D eigenvalue weighted by Crippen LogP contribution is -2.21. The van der Waals surface area contributed by atoms with Gasteiger partial charge in [0.1, 0.15) is 5.75 Å². The number of aryl methyl sites for hydroxylation is 1. The summed E-state index contributed by atoms with van der Waals surface area (Å²) in [7, 11) is 2.05. The second kappa shape index (κ2) is 5.09. The molecule has 0 bridgehead atoms. The van der Waals surface area contributed by atoms with Crippen LogP contribution in [-0.4, -0.2) is 20.2 Å². The van der Waals surface area contributed by atoms with Gasteiger partial charge in [0.05, 0.1) is 6.61 Å². The first kappa shape index (κ1) is 12.4. The second-order valence-electron chi connectivity index (χ2n) is 5.24. The minimum atomic E-state index is 0.536. The summed E-state index contributed by atoms with van der Waals surface area (Å²) in [6, 6.07) is 6.61. The highest BCUT2D eigenvalue weighted by atomic mass is 16.5. The predicted molar refractivity (Wildman–Crippen MR) is 71.6 cm³/mol. The Morgan fingerprint density at radius 1 is 1.35 bits per heavy atom. The predicted octanol–water partition coefficient (Wildman–Crippen LogP) is 2.94. The minimum Gasteiger partial charge on any atom is -0.494 e. The molecule has 0 radical (unpaired) electrons. The van der Waals surface area contributed by atoms with Crippen molar-refractivity contribution in [1.29, 1.82) is 0 Å². The van der Waals surface area contributed by atoms with Crippen molar-refractivity contribution in [2.45, 2.75) is 33.1 Å². The lowest BCUT2D eigenvalue weighted by atomic mass is 9.95. The van der Waals surface area contributed by atoms with Gasteiger partial charge in [0.15, 0.2) is 0 Å². The lowest BCUT2D eigenvalue weighted by molar-refractivity contribution is 0.337. The van der Waals surface area contributed by atoms with E-state index in [9.17, 15) is 0 Å². The standard InChI is InChI=1S/C15H23NO/c1-4-17-14-6-5-13(9-12(14)2)10-15(7-8-15)11-16-3/h5-6,9,16H,4,7-8,10-11H2,1-3H3. The summed E-state index contributed by atoms with van der Waals surface area (Å²) in [5, 5.41) is 3.31. The highest BCUT2D eigenvalue weighted by molar-refractivity contribution is 5.37. The third-order valence-electron chi connectivity index (χ3n) is 3.63. The average molecular weight is 233 g/mol. The summed E-state index contributed by atoms with van der Waals surface area (Å²) in [6.45, 7) is 6.04. The van der Waals surface area contributed by atoms with E-state index in [0.29, 0.717) is 5.41 Å². The Morgan fingerprint density at radius 2 is 2.12 bits per heavy atom. The average Bonchev–Trinajstić information content (AvgIpc) is 3.03. The zero-order valence-corrected chi connectivity index (χ0v) is 11.2. The van der Waals surface area contributed by atoms with Gasteiger partial charge in [0.2, 0.25) is 0 Å². The summed E-state index contributed by atoms with van der Waals surface area (Å²) < 4.78 is 5.57. The zero-order chi connectivity index (χ0) is 12.3. The number of hydrogen-bond acceptors (Lipinski definition) is 2. The van der Waals surface area contributed by atoms with Crippen LogP contribution in [0.15, 0.2) is 18.2 Å². The summed E-state index contributed by atoms with van der Waals surface area (Å²) in [6.07, 6.45) is 3.92. The molecule has 0 heterocycles. The molecule has 1 aliphatic rings. The minimum absolute atomic E-state index is 0.536. The normalized spacial score (nSPS) is 16.9. The van der Waals surface area contributed by atoms with Crippen LogP contribution in [0.2, 0.25) is 0 Å². The molecule has 0 aromatic heterocycles. The molecule has 1 aromatic carbocycles. The summed E-state index contributed by atoms with van der Waals surface area (Å²) in [4.78, 5) is 0. The van der Waals surface area contributed by atoms with E-state index in [4.69, 9.17) is 4.74 Å². The van der Waals surface area contributed by atoms with Crippen LogP contribution < -0.4 is 10.1 Å². The first-order valence-electron chi connectivity index (χ1n) is 6.56. The van der Waals surface area contributed by atoms with Crippen LogP contribution in [0.25, 0.3) is 0 Å². The fourth-order valence-electron chi connectivity index (χ4n) is 2.54. The van der Waals surface area contributed by atoms with Crippen LogP contribution in [0, 0.1) is 12.3 Å². The van der Waals surface area contributed by atoms with Crippen molar-refractivity contribution in [2.75, 3.05) is 20.2 Å². The van der Waals surface area contributed by atoms with Crippen LogP contribution in [0.3, 0.4) is 0 Å². The van der Waals surface area contributed by atoms with Crippen molar-refractivity contribution in [1.82, 2.24) is 5.32 Å². The van der Waals surface area contributed by atoms with Crippen molar-refractivity contribution in [3.63, 3.8) is 0 Å². The quantitative estimate of drug-likeness (QED) is 0.815. The van der Waals surface area contributed by atoms with Crippen LogP contribution in [0.4, 0.5) is 0 Å². The molecule has 94 valence electrons. The van der Waals surface area contributed by atoms with E-state index in [1.165, 1.54) is 30.4 Å². The number of benzene rings is 1. The summed E-state index contributed by atoms with van der Waals surface area (Å²) in [5.41, 5.74) is 3.23. The maximum atomic E-state index is 5.57. The van der Waals surface area contributed by atoms with Crippen molar-refractivity contribution in [3.8, 4) is 5.75 Å². The van der Waals surface area contributed by atoms with Crippen molar-refractivity contribution < 1.29 is 4.74 Å². The Balaban J connectivity index is 2.05. The maximum Gasteiger partial charge on any atom is 0.122 e. The molecule has 2 heteroatoms. The Kier molecular flexibility index (Phi) is 3.72. The molecule has 1 aromatic rings. The third-order valence-corrected chi connectivity index (χ3v) is 3.63. The Morgan fingerprint density at radius 3 is 2.65 bits per heavy atom. The van der Waals surface area contributed by atoms with Crippen LogP contribution >= 0.6 is 0 Å². The SMILES string of the molecule is CCOc1ccc(CC2(CNC)CC2)cc1C. The molecule has 2 rings (SSSR count). The molecule has 1 saturated carbocycles. The monoisotopic (exact) mass is 233 g/mol. The topological polar surface area (TPSA) is 21.3 Å². The number of rotatable bonds is 6. The molecule has 0 spiro atoms. The molecule has 0 saturated heterocycles. The lowest BCUT2D eigenvalue weighted by Gasteiger charge is -2.16. The van der Waals surface area contributed by atoms with Gasteiger partial charge >= 0.3 is 0 Å². The van der Waals surface area contributed by atoms with E-state index in [2.05, 4.69) is 30.4 Å². The third kappa shape index (κ3) is 3.01. The van der Waals surface area contributed by atoms with E-state index in [1.54, 1.807) is 0 Å². The van der Waals surface area contributed by atoms with Crippen LogP contribution in [0.5, 0.6) is 5.75 Å². The Labute approximate surface area is 104 Å². The van der Waals surface area contributed by atoms with E-state index in [0.717, 1.165) is 18.9 Å². The van der Waals surface area contributed by atoms with Crippen LogP contribution in [-0.2, 0) is 6.42 Å². The van der Waals surface area contributed by atoms with Crippen molar-refractivity contribution in [3.05, 3.63) is 29.3 Å². The smallest absolute Gasteiger partial charge is 0.122 e. The number of nitrogens with one attached hydrogen (secondary N) is 1. The largest absolute Gasteiger partial charge is 0.494 e. The van der Waals surface area contributed by atoms with E-state index < -0.39 is 0 Å². The Bertz CT molecular complexity index is 383. The van der Waals surface area contributed by atoms with Gasteiger partial charge in [0, 0.05) is 6.54 Å².